The van der Waals surface area contributed by atoms with E-state index >= 15 is 0 Å². The number of rotatable bonds is 6. The largest absolute Gasteiger partial charge is 0.387 e. The van der Waals surface area contributed by atoms with Gasteiger partial charge in [0, 0.05) is 16.2 Å². The second kappa shape index (κ2) is 9.73. The summed E-state index contributed by atoms with van der Waals surface area (Å²) in [6.45, 7) is 0.0961. The SMILES string of the molecule is O=c1[nH]c(=O)n([C@@H]2O[C@H](COCc3ccc(Cl)cc3Cl)[C@@H](O)[C@@H]2O)cc1/C=C/I. The fourth-order valence-corrected chi connectivity index (χ4v) is 3.75. The number of nitrogens with one attached hydrogen (secondary N) is 1. The van der Waals surface area contributed by atoms with Crippen molar-refractivity contribution in [3.05, 3.63) is 70.5 Å². The van der Waals surface area contributed by atoms with Crippen molar-refractivity contribution in [1.29, 1.82) is 0 Å². The van der Waals surface area contributed by atoms with Crippen molar-refractivity contribution in [2.45, 2.75) is 31.1 Å². The molecule has 0 unspecified atom stereocenters. The van der Waals surface area contributed by atoms with Crippen molar-refractivity contribution in [3.8, 4) is 0 Å². The molecule has 1 aliphatic rings. The van der Waals surface area contributed by atoms with Crippen LogP contribution in [0, 0.1) is 0 Å². The number of ether oxygens (including phenoxy) is 2. The average Bonchev–Trinajstić information content (AvgIpc) is 2.94. The zero-order chi connectivity index (χ0) is 21.1. The molecule has 8 nitrogen and oxygen atoms in total. The van der Waals surface area contributed by atoms with Gasteiger partial charge in [0.15, 0.2) is 6.23 Å². The summed E-state index contributed by atoms with van der Waals surface area (Å²) in [5.41, 5.74) is -0.410. The lowest BCUT2D eigenvalue weighted by Crippen LogP contribution is -2.38. The lowest BCUT2D eigenvalue weighted by atomic mass is 10.1. The van der Waals surface area contributed by atoms with Gasteiger partial charge in [-0.1, -0.05) is 51.9 Å². The quantitative estimate of drug-likeness (QED) is 0.471. The minimum Gasteiger partial charge on any atom is -0.387 e. The number of benzene rings is 1. The third-order valence-electron chi connectivity index (χ3n) is 4.40. The molecule has 0 amide bonds. The van der Waals surface area contributed by atoms with E-state index in [-0.39, 0.29) is 18.8 Å². The molecule has 4 atom stereocenters. The molecule has 2 heterocycles. The van der Waals surface area contributed by atoms with Crippen molar-refractivity contribution in [1.82, 2.24) is 9.55 Å². The van der Waals surface area contributed by atoms with Crippen molar-refractivity contribution >= 4 is 51.9 Å². The summed E-state index contributed by atoms with van der Waals surface area (Å²) < 4.78 is 13.9. The first-order valence-corrected chi connectivity index (χ1v) is 10.5. The Bertz CT molecular complexity index is 1020. The molecule has 1 saturated heterocycles. The molecular weight excluding hydrogens is 538 g/mol. The fraction of sp³-hybridized carbons (Fsp3) is 0.333. The summed E-state index contributed by atoms with van der Waals surface area (Å²) in [6.07, 6.45) is -1.96. The number of hydrogen-bond acceptors (Lipinski definition) is 6. The van der Waals surface area contributed by atoms with Crippen LogP contribution in [0.4, 0.5) is 0 Å². The molecule has 0 bridgehead atoms. The molecule has 1 aliphatic heterocycles. The lowest BCUT2D eigenvalue weighted by Gasteiger charge is -2.17. The van der Waals surface area contributed by atoms with Gasteiger partial charge in [0.25, 0.3) is 5.56 Å². The van der Waals surface area contributed by atoms with Gasteiger partial charge in [-0.15, -0.1) is 0 Å². The molecule has 2 aromatic rings. The van der Waals surface area contributed by atoms with Gasteiger partial charge in [0.1, 0.15) is 18.3 Å². The summed E-state index contributed by atoms with van der Waals surface area (Å²) in [6, 6.07) is 4.99. The number of aliphatic hydroxyl groups excluding tert-OH is 2. The van der Waals surface area contributed by atoms with Crippen LogP contribution in [-0.4, -0.2) is 44.7 Å². The first kappa shape index (κ1) is 22.5. The second-order valence-corrected chi connectivity index (χ2v) is 7.90. The van der Waals surface area contributed by atoms with Gasteiger partial charge in [0.2, 0.25) is 0 Å². The molecule has 0 radical (unpaired) electrons. The van der Waals surface area contributed by atoms with Crippen LogP contribution in [0.3, 0.4) is 0 Å². The Morgan fingerprint density at radius 2 is 2.03 bits per heavy atom. The van der Waals surface area contributed by atoms with Gasteiger partial charge in [-0.25, -0.2) is 4.79 Å². The highest BCUT2D eigenvalue weighted by Gasteiger charge is 2.44. The van der Waals surface area contributed by atoms with Gasteiger partial charge in [-0.05, 0) is 27.9 Å². The predicted octanol–water partition coefficient (Wildman–Crippen LogP) is 2.09. The van der Waals surface area contributed by atoms with E-state index in [0.29, 0.717) is 15.6 Å². The Balaban J connectivity index is 1.71. The summed E-state index contributed by atoms with van der Waals surface area (Å²) in [5.74, 6) is 0. The first-order chi connectivity index (χ1) is 13.8. The Morgan fingerprint density at radius 3 is 2.72 bits per heavy atom. The molecule has 3 rings (SSSR count). The van der Waals surface area contributed by atoms with Crippen LogP contribution in [0.1, 0.15) is 17.4 Å². The smallest absolute Gasteiger partial charge is 0.330 e. The molecule has 0 spiro atoms. The zero-order valence-electron chi connectivity index (χ0n) is 14.8. The topological polar surface area (TPSA) is 114 Å². The van der Waals surface area contributed by atoms with Gasteiger partial charge >= 0.3 is 5.69 Å². The minimum absolute atomic E-state index is 0.0493. The van der Waals surface area contributed by atoms with E-state index in [1.165, 1.54) is 12.3 Å². The fourth-order valence-electron chi connectivity index (χ4n) is 2.90. The number of aromatic nitrogens is 2. The minimum atomic E-state index is -1.39. The normalized spacial score (nSPS) is 24.4. The van der Waals surface area contributed by atoms with E-state index in [4.69, 9.17) is 32.7 Å². The molecule has 0 aliphatic carbocycles. The monoisotopic (exact) mass is 554 g/mol. The van der Waals surface area contributed by atoms with Crippen LogP contribution < -0.4 is 11.2 Å². The molecule has 156 valence electrons. The Kier molecular flexibility index (Phi) is 7.54. The molecule has 1 fully saturated rings. The number of hydrogen-bond donors (Lipinski definition) is 3. The maximum Gasteiger partial charge on any atom is 0.330 e. The van der Waals surface area contributed by atoms with E-state index in [2.05, 4.69) is 4.98 Å². The molecule has 1 aromatic heterocycles. The summed E-state index contributed by atoms with van der Waals surface area (Å²) >= 11 is 13.9. The third kappa shape index (κ3) is 5.10. The van der Waals surface area contributed by atoms with Gasteiger partial charge in [-0.3, -0.25) is 14.3 Å². The molecular formula is C18H17Cl2IN2O6. The highest BCUT2D eigenvalue weighted by atomic mass is 127. The second-order valence-electron chi connectivity index (χ2n) is 6.34. The van der Waals surface area contributed by atoms with Crippen LogP contribution >= 0.6 is 45.8 Å². The van der Waals surface area contributed by atoms with Crippen LogP contribution in [-0.2, 0) is 16.1 Å². The highest BCUT2D eigenvalue weighted by molar-refractivity contribution is 14.1. The Morgan fingerprint density at radius 1 is 1.28 bits per heavy atom. The van der Waals surface area contributed by atoms with Crippen molar-refractivity contribution < 1.29 is 19.7 Å². The van der Waals surface area contributed by atoms with Gasteiger partial charge in [0.05, 0.1) is 18.8 Å². The van der Waals surface area contributed by atoms with Gasteiger partial charge < -0.3 is 19.7 Å². The molecule has 3 N–H and O–H groups in total. The predicted molar refractivity (Wildman–Crippen MR) is 116 cm³/mol. The summed E-state index contributed by atoms with van der Waals surface area (Å²) in [5, 5.41) is 21.6. The third-order valence-corrected chi connectivity index (χ3v) is 5.35. The maximum absolute atomic E-state index is 12.2. The van der Waals surface area contributed by atoms with E-state index in [1.54, 1.807) is 22.3 Å². The maximum atomic E-state index is 12.2. The highest BCUT2D eigenvalue weighted by Crippen LogP contribution is 2.29. The number of halogens is 3. The first-order valence-electron chi connectivity index (χ1n) is 8.47. The van der Waals surface area contributed by atoms with Crippen molar-refractivity contribution in [2.24, 2.45) is 0 Å². The van der Waals surface area contributed by atoms with E-state index in [1.807, 2.05) is 22.6 Å². The van der Waals surface area contributed by atoms with Crippen molar-refractivity contribution in [2.75, 3.05) is 6.61 Å². The summed E-state index contributed by atoms with van der Waals surface area (Å²) in [4.78, 5) is 26.1. The summed E-state index contributed by atoms with van der Waals surface area (Å²) in [7, 11) is 0. The van der Waals surface area contributed by atoms with E-state index in [0.717, 1.165) is 4.57 Å². The number of H-pyrrole nitrogens is 1. The van der Waals surface area contributed by atoms with Crippen LogP contribution in [0.5, 0.6) is 0 Å². The molecule has 1 aromatic carbocycles. The van der Waals surface area contributed by atoms with Crippen LogP contribution in [0.15, 0.2) is 38.1 Å². The Hall–Kier alpha value is -1.21. The molecule has 0 saturated carbocycles. The lowest BCUT2D eigenvalue weighted by molar-refractivity contribution is -0.0711. The molecule has 11 heteroatoms. The number of aliphatic hydroxyl groups is 2. The zero-order valence-corrected chi connectivity index (χ0v) is 18.5. The number of nitrogens with zero attached hydrogens (tertiary/aromatic N) is 1. The number of aromatic amines is 1. The van der Waals surface area contributed by atoms with E-state index < -0.39 is 35.8 Å². The molecule has 29 heavy (non-hydrogen) atoms. The van der Waals surface area contributed by atoms with Gasteiger partial charge in [-0.2, -0.15) is 0 Å². The average molecular weight is 555 g/mol. The van der Waals surface area contributed by atoms with Crippen LogP contribution in [0.2, 0.25) is 10.0 Å². The van der Waals surface area contributed by atoms with Crippen LogP contribution in [0.25, 0.3) is 6.08 Å². The Labute approximate surface area is 188 Å². The standard InChI is InChI=1S/C18H17Cl2IN2O6/c19-11-2-1-10(12(20)5-11)7-28-8-13-14(24)15(25)17(29-13)23-6-9(3-4-21)16(26)22-18(23)27/h1-6,13-15,17,24-25H,7-8H2,(H,22,26,27)/b4-3+/t13-,14-,15+,17-/m1/s1. The van der Waals surface area contributed by atoms with Crippen molar-refractivity contribution in [3.63, 3.8) is 0 Å². The van der Waals surface area contributed by atoms with E-state index in [9.17, 15) is 19.8 Å².